The summed E-state index contributed by atoms with van der Waals surface area (Å²) in [5.41, 5.74) is 1.50. The molecular formula is C19H10BrF3N2O2. The van der Waals surface area contributed by atoms with E-state index in [-0.39, 0.29) is 5.69 Å². The van der Waals surface area contributed by atoms with Crippen LogP contribution in [0.4, 0.5) is 18.9 Å². The first-order valence-electron chi connectivity index (χ1n) is 7.79. The molecule has 27 heavy (non-hydrogen) atoms. The van der Waals surface area contributed by atoms with Crippen molar-refractivity contribution in [1.29, 1.82) is 0 Å². The molecule has 0 aliphatic rings. The third kappa shape index (κ3) is 3.28. The van der Waals surface area contributed by atoms with Crippen LogP contribution in [0.25, 0.3) is 33.3 Å². The van der Waals surface area contributed by atoms with Crippen molar-refractivity contribution in [1.82, 2.24) is 4.98 Å². The van der Waals surface area contributed by atoms with Gasteiger partial charge in [-0.25, -0.2) is 4.98 Å². The van der Waals surface area contributed by atoms with Crippen LogP contribution in [0.3, 0.4) is 0 Å². The van der Waals surface area contributed by atoms with Gasteiger partial charge in [-0.1, -0.05) is 40.2 Å². The number of benzene rings is 3. The van der Waals surface area contributed by atoms with E-state index in [0.29, 0.717) is 17.0 Å². The number of hydrogen-bond donors (Lipinski definition) is 1. The average Bonchev–Trinajstić information content (AvgIpc) is 3.04. The molecule has 0 saturated carbocycles. The Kier molecular flexibility index (Phi) is 4.15. The van der Waals surface area contributed by atoms with Crippen LogP contribution in [0.1, 0.15) is 0 Å². The number of carbonyl (C=O) groups excluding carboxylic acids is 1. The first kappa shape index (κ1) is 17.5. The second kappa shape index (κ2) is 6.38. The molecule has 4 nitrogen and oxygen atoms in total. The van der Waals surface area contributed by atoms with Gasteiger partial charge in [0, 0.05) is 15.7 Å². The fourth-order valence-corrected chi connectivity index (χ4v) is 3.28. The smallest absolute Gasteiger partial charge is 0.436 e. The molecule has 8 heteroatoms. The van der Waals surface area contributed by atoms with Gasteiger partial charge in [-0.15, -0.1) is 0 Å². The second-order valence-corrected chi connectivity index (χ2v) is 6.65. The maximum absolute atomic E-state index is 12.4. The van der Waals surface area contributed by atoms with E-state index in [0.717, 1.165) is 20.8 Å². The SMILES string of the molecule is O=C(Nc1ccc2oc(-c3cccc4c(Br)cccc34)nc2c1)C(F)(F)F. The van der Waals surface area contributed by atoms with Crippen LogP contribution < -0.4 is 5.32 Å². The highest BCUT2D eigenvalue weighted by molar-refractivity contribution is 9.10. The minimum absolute atomic E-state index is 0.00895. The number of aromatic nitrogens is 1. The maximum Gasteiger partial charge on any atom is 0.471 e. The van der Waals surface area contributed by atoms with Crippen LogP contribution in [0.5, 0.6) is 0 Å². The molecule has 3 aromatic carbocycles. The van der Waals surface area contributed by atoms with Gasteiger partial charge in [0.1, 0.15) is 5.52 Å². The van der Waals surface area contributed by atoms with Crippen molar-refractivity contribution >= 4 is 49.4 Å². The van der Waals surface area contributed by atoms with Gasteiger partial charge >= 0.3 is 12.1 Å². The number of fused-ring (bicyclic) bond motifs is 2. The van der Waals surface area contributed by atoms with E-state index < -0.39 is 12.1 Å². The Morgan fingerprint density at radius 2 is 1.78 bits per heavy atom. The van der Waals surface area contributed by atoms with Crippen LogP contribution in [-0.4, -0.2) is 17.1 Å². The zero-order chi connectivity index (χ0) is 19.2. The molecule has 1 amide bonds. The van der Waals surface area contributed by atoms with E-state index >= 15 is 0 Å². The lowest BCUT2D eigenvalue weighted by atomic mass is 10.0. The van der Waals surface area contributed by atoms with Crippen LogP contribution >= 0.6 is 15.9 Å². The van der Waals surface area contributed by atoms with Gasteiger partial charge in [-0.05, 0) is 41.1 Å². The highest BCUT2D eigenvalue weighted by atomic mass is 79.9. The summed E-state index contributed by atoms with van der Waals surface area (Å²) in [6, 6.07) is 15.6. The van der Waals surface area contributed by atoms with E-state index in [2.05, 4.69) is 20.9 Å². The van der Waals surface area contributed by atoms with Crippen molar-refractivity contribution in [3.05, 3.63) is 59.1 Å². The molecule has 136 valence electrons. The molecule has 0 bridgehead atoms. The molecule has 0 aliphatic carbocycles. The number of amides is 1. The van der Waals surface area contributed by atoms with Gasteiger partial charge in [0.2, 0.25) is 5.89 Å². The minimum Gasteiger partial charge on any atom is -0.436 e. The minimum atomic E-state index is -4.96. The van der Waals surface area contributed by atoms with Crippen LogP contribution in [0.2, 0.25) is 0 Å². The van der Waals surface area contributed by atoms with Crippen molar-refractivity contribution in [2.24, 2.45) is 0 Å². The number of halogens is 4. The Bertz CT molecular complexity index is 1180. The Hall–Kier alpha value is -2.87. The van der Waals surface area contributed by atoms with Crippen LogP contribution in [0.15, 0.2) is 63.5 Å². The summed E-state index contributed by atoms with van der Waals surface area (Å²) in [7, 11) is 0. The molecule has 0 saturated heterocycles. The van der Waals surface area contributed by atoms with Gasteiger partial charge in [0.25, 0.3) is 0 Å². The molecular weight excluding hydrogens is 425 g/mol. The molecule has 1 N–H and O–H groups in total. The lowest BCUT2D eigenvalue weighted by Gasteiger charge is -2.07. The predicted octanol–water partition coefficient (Wildman–Crippen LogP) is 5.91. The number of carbonyl (C=O) groups is 1. The second-order valence-electron chi connectivity index (χ2n) is 5.79. The standard InChI is InChI=1S/C19H10BrF3N2O2/c20-14-6-2-3-11-12(14)4-1-5-13(11)17-25-15-9-10(7-8-16(15)27-17)24-18(26)19(21,22)23/h1-9H,(H,24,26). The Balaban J connectivity index is 1.77. The van der Waals surface area contributed by atoms with Crippen molar-refractivity contribution in [3.8, 4) is 11.5 Å². The fourth-order valence-electron chi connectivity index (χ4n) is 2.78. The van der Waals surface area contributed by atoms with E-state index in [1.165, 1.54) is 18.2 Å². The molecule has 0 unspecified atom stereocenters. The molecule has 0 radical (unpaired) electrons. The summed E-state index contributed by atoms with van der Waals surface area (Å²) in [6.07, 6.45) is -4.96. The molecule has 0 aliphatic heterocycles. The number of oxazole rings is 1. The van der Waals surface area contributed by atoms with Gasteiger partial charge in [-0.2, -0.15) is 13.2 Å². The quantitative estimate of drug-likeness (QED) is 0.426. The zero-order valence-corrected chi connectivity index (χ0v) is 15.1. The number of nitrogens with zero attached hydrogens (tertiary/aromatic N) is 1. The number of rotatable bonds is 2. The number of alkyl halides is 3. The third-order valence-electron chi connectivity index (χ3n) is 4.00. The lowest BCUT2D eigenvalue weighted by molar-refractivity contribution is -0.167. The Labute approximate surface area is 159 Å². The molecule has 4 rings (SSSR count). The fraction of sp³-hybridized carbons (Fsp3) is 0.0526. The first-order valence-corrected chi connectivity index (χ1v) is 8.58. The first-order chi connectivity index (χ1) is 12.8. The van der Waals surface area contributed by atoms with E-state index in [1.54, 1.807) is 0 Å². The third-order valence-corrected chi connectivity index (χ3v) is 4.69. The molecule has 0 fully saturated rings. The molecule has 4 aromatic rings. The van der Waals surface area contributed by atoms with Crippen molar-refractivity contribution in [2.75, 3.05) is 5.32 Å². The largest absolute Gasteiger partial charge is 0.471 e. The monoisotopic (exact) mass is 434 g/mol. The van der Waals surface area contributed by atoms with Crippen LogP contribution in [0, 0.1) is 0 Å². The highest BCUT2D eigenvalue weighted by Crippen LogP contribution is 2.34. The summed E-state index contributed by atoms with van der Waals surface area (Å²) in [5.74, 6) is -1.70. The van der Waals surface area contributed by atoms with Gasteiger partial charge in [0.15, 0.2) is 5.58 Å². The summed E-state index contributed by atoms with van der Waals surface area (Å²) >= 11 is 3.50. The zero-order valence-electron chi connectivity index (χ0n) is 13.5. The highest BCUT2D eigenvalue weighted by Gasteiger charge is 2.38. The summed E-state index contributed by atoms with van der Waals surface area (Å²) in [5, 5.41) is 3.71. The van der Waals surface area contributed by atoms with E-state index in [1.807, 2.05) is 41.7 Å². The van der Waals surface area contributed by atoms with Crippen LogP contribution in [-0.2, 0) is 4.79 Å². The van der Waals surface area contributed by atoms with Crippen molar-refractivity contribution in [3.63, 3.8) is 0 Å². The number of anilines is 1. The predicted molar refractivity (Wildman–Crippen MR) is 99.3 cm³/mol. The van der Waals surface area contributed by atoms with E-state index in [4.69, 9.17) is 4.42 Å². The summed E-state index contributed by atoms with van der Waals surface area (Å²) in [6.45, 7) is 0. The molecule has 0 spiro atoms. The summed E-state index contributed by atoms with van der Waals surface area (Å²) < 4.78 is 43.9. The Morgan fingerprint density at radius 1 is 1.04 bits per heavy atom. The Morgan fingerprint density at radius 3 is 2.56 bits per heavy atom. The molecule has 1 heterocycles. The lowest BCUT2D eigenvalue weighted by Crippen LogP contribution is -2.29. The average molecular weight is 435 g/mol. The topological polar surface area (TPSA) is 55.1 Å². The van der Waals surface area contributed by atoms with Crippen molar-refractivity contribution < 1.29 is 22.4 Å². The van der Waals surface area contributed by atoms with Gasteiger partial charge in [-0.3, -0.25) is 4.79 Å². The summed E-state index contributed by atoms with van der Waals surface area (Å²) in [4.78, 5) is 15.5. The number of hydrogen-bond acceptors (Lipinski definition) is 3. The maximum atomic E-state index is 12.4. The van der Waals surface area contributed by atoms with Crippen molar-refractivity contribution in [2.45, 2.75) is 6.18 Å². The van der Waals surface area contributed by atoms with Gasteiger partial charge in [0.05, 0.1) is 0 Å². The normalized spacial score (nSPS) is 11.9. The van der Waals surface area contributed by atoms with Gasteiger partial charge < -0.3 is 9.73 Å². The molecule has 1 aromatic heterocycles. The number of nitrogens with one attached hydrogen (secondary N) is 1. The van der Waals surface area contributed by atoms with E-state index in [9.17, 15) is 18.0 Å². The molecule has 0 atom stereocenters.